The van der Waals surface area contributed by atoms with Crippen LogP contribution >= 0.6 is 0 Å². The molecule has 0 aliphatic heterocycles. The maximum atomic E-state index is 12.0. The number of carboxylic acids is 1. The lowest BCUT2D eigenvalue weighted by atomic mass is 9.97. The van der Waals surface area contributed by atoms with Gasteiger partial charge in [-0.3, -0.25) is 14.4 Å². The van der Waals surface area contributed by atoms with Crippen molar-refractivity contribution in [2.45, 2.75) is 96.8 Å². The lowest BCUT2D eigenvalue weighted by Gasteiger charge is -2.11. The Kier molecular flexibility index (Phi) is 14.3. The van der Waals surface area contributed by atoms with Crippen molar-refractivity contribution in [3.8, 4) is 0 Å². The summed E-state index contributed by atoms with van der Waals surface area (Å²) in [5.41, 5.74) is 0.677. The second-order valence-electron chi connectivity index (χ2n) is 8.12. The number of Topliss-reactive ketones (excluding diaryl/α,β-unsaturated/α-hetero) is 1. The Morgan fingerprint density at radius 1 is 1.00 bits per heavy atom. The van der Waals surface area contributed by atoms with E-state index < -0.39 is 11.9 Å². The molecule has 1 heterocycles. The van der Waals surface area contributed by atoms with Gasteiger partial charge in [0.15, 0.2) is 5.78 Å². The van der Waals surface area contributed by atoms with Crippen LogP contribution < -0.4 is 5.32 Å². The van der Waals surface area contributed by atoms with Gasteiger partial charge in [-0.1, -0.05) is 71.1 Å². The van der Waals surface area contributed by atoms with Crippen LogP contribution in [0.2, 0.25) is 0 Å². The molecule has 3 N–H and O–H groups in total. The van der Waals surface area contributed by atoms with Gasteiger partial charge in [0.1, 0.15) is 0 Å². The zero-order valence-electron chi connectivity index (χ0n) is 18.5. The summed E-state index contributed by atoms with van der Waals surface area (Å²) in [6, 6.07) is 0. The first-order chi connectivity index (χ1) is 14.5. The summed E-state index contributed by atoms with van der Waals surface area (Å²) >= 11 is 0. The highest BCUT2D eigenvalue weighted by atomic mass is 16.4. The fraction of sp³-hybridized carbons (Fsp3) is 0.739. The molecule has 1 aromatic rings. The fourth-order valence-electron chi connectivity index (χ4n) is 3.49. The number of imidazole rings is 1. The Bertz CT molecular complexity index is 602. The van der Waals surface area contributed by atoms with E-state index in [0.717, 1.165) is 19.3 Å². The van der Waals surface area contributed by atoms with E-state index in [2.05, 4.69) is 22.2 Å². The molecule has 0 saturated heterocycles. The van der Waals surface area contributed by atoms with Crippen molar-refractivity contribution in [2.24, 2.45) is 5.92 Å². The van der Waals surface area contributed by atoms with E-state index in [1.54, 1.807) is 6.20 Å². The molecular weight excluding hydrogens is 382 g/mol. The summed E-state index contributed by atoms with van der Waals surface area (Å²) in [7, 11) is 0. The summed E-state index contributed by atoms with van der Waals surface area (Å²) in [5, 5.41) is 11.9. The van der Waals surface area contributed by atoms with E-state index in [1.165, 1.54) is 57.7 Å². The smallest absolute Gasteiger partial charge is 0.307 e. The highest BCUT2D eigenvalue weighted by Crippen LogP contribution is 2.13. The number of ketones is 1. The van der Waals surface area contributed by atoms with Gasteiger partial charge in [-0.05, 0) is 6.42 Å². The first-order valence-corrected chi connectivity index (χ1v) is 11.5. The summed E-state index contributed by atoms with van der Waals surface area (Å²) in [5.74, 6) is -2.25. The minimum absolute atomic E-state index is 0.104. The number of nitrogens with one attached hydrogen (secondary N) is 2. The van der Waals surface area contributed by atoms with Crippen LogP contribution in [-0.4, -0.2) is 39.3 Å². The summed E-state index contributed by atoms with van der Waals surface area (Å²) in [4.78, 5) is 42.0. The largest absolute Gasteiger partial charge is 0.481 e. The number of hydrogen-bond donors (Lipinski definition) is 3. The van der Waals surface area contributed by atoms with E-state index in [4.69, 9.17) is 0 Å². The SMILES string of the molecule is CCCCCCCCCCCCCC(=O)NCC(=O)CC(Cc1cnc[nH]1)C(=O)O. The number of carbonyl (C=O) groups is 3. The molecule has 0 aliphatic rings. The van der Waals surface area contributed by atoms with Crippen molar-refractivity contribution in [1.29, 1.82) is 0 Å². The van der Waals surface area contributed by atoms with Crippen molar-refractivity contribution in [3.63, 3.8) is 0 Å². The van der Waals surface area contributed by atoms with E-state index in [9.17, 15) is 19.5 Å². The van der Waals surface area contributed by atoms with Crippen molar-refractivity contribution in [3.05, 3.63) is 18.2 Å². The number of unbranched alkanes of at least 4 members (excludes halogenated alkanes) is 10. The number of H-pyrrole nitrogens is 1. The van der Waals surface area contributed by atoms with Crippen LogP contribution in [0.4, 0.5) is 0 Å². The third kappa shape index (κ3) is 13.1. The minimum Gasteiger partial charge on any atom is -0.481 e. The van der Waals surface area contributed by atoms with Crippen molar-refractivity contribution >= 4 is 17.7 Å². The zero-order chi connectivity index (χ0) is 22.0. The van der Waals surface area contributed by atoms with Crippen molar-refractivity contribution in [1.82, 2.24) is 15.3 Å². The van der Waals surface area contributed by atoms with Crippen LogP contribution in [0.5, 0.6) is 0 Å². The monoisotopic (exact) mass is 421 g/mol. The minimum atomic E-state index is -1.02. The standard InChI is InChI=1S/C23H39N3O4/c1-2-3-4-5-6-7-8-9-10-11-12-13-22(28)25-17-21(27)15-19(23(29)30)14-20-16-24-18-26-20/h16,18-19H,2-15,17H2,1H3,(H,24,26)(H,25,28)(H,29,30). The molecule has 7 nitrogen and oxygen atoms in total. The van der Waals surface area contributed by atoms with Crippen LogP contribution in [0.3, 0.4) is 0 Å². The summed E-state index contributed by atoms with van der Waals surface area (Å²) < 4.78 is 0. The molecule has 1 atom stereocenters. The molecule has 7 heteroatoms. The number of aromatic nitrogens is 2. The van der Waals surface area contributed by atoms with Gasteiger partial charge in [-0.25, -0.2) is 4.98 Å². The third-order valence-electron chi connectivity index (χ3n) is 5.33. The van der Waals surface area contributed by atoms with Gasteiger partial charge >= 0.3 is 5.97 Å². The average molecular weight is 422 g/mol. The van der Waals surface area contributed by atoms with E-state index in [-0.39, 0.29) is 31.1 Å². The van der Waals surface area contributed by atoms with Gasteiger partial charge in [0.05, 0.1) is 18.8 Å². The second kappa shape index (κ2) is 16.6. The Balaban J connectivity index is 2.03. The Morgan fingerprint density at radius 3 is 2.13 bits per heavy atom. The topological polar surface area (TPSA) is 112 Å². The lowest BCUT2D eigenvalue weighted by molar-refractivity contribution is -0.143. The number of aliphatic carboxylic acids is 1. The van der Waals surface area contributed by atoms with Gasteiger partial charge < -0.3 is 15.4 Å². The van der Waals surface area contributed by atoms with Crippen LogP contribution in [-0.2, 0) is 20.8 Å². The molecule has 0 saturated carbocycles. The van der Waals surface area contributed by atoms with Crippen molar-refractivity contribution < 1.29 is 19.5 Å². The van der Waals surface area contributed by atoms with Crippen LogP contribution in [0, 0.1) is 5.92 Å². The second-order valence-corrected chi connectivity index (χ2v) is 8.12. The number of carbonyl (C=O) groups excluding carboxylic acids is 2. The first kappa shape index (κ1) is 25.9. The summed E-state index contributed by atoms with van der Waals surface area (Å²) in [6.45, 7) is 2.13. The highest BCUT2D eigenvalue weighted by Gasteiger charge is 2.22. The van der Waals surface area contributed by atoms with Crippen molar-refractivity contribution in [2.75, 3.05) is 6.54 Å². The number of nitrogens with zero attached hydrogens (tertiary/aromatic N) is 1. The number of rotatable bonds is 19. The number of hydrogen-bond acceptors (Lipinski definition) is 4. The molecule has 0 bridgehead atoms. The quantitative estimate of drug-likeness (QED) is 0.286. The van der Waals surface area contributed by atoms with Crippen LogP contribution in [0.15, 0.2) is 12.5 Å². The molecule has 0 radical (unpaired) electrons. The van der Waals surface area contributed by atoms with Gasteiger partial charge in [-0.2, -0.15) is 0 Å². The summed E-state index contributed by atoms with van der Waals surface area (Å²) in [6.07, 6.45) is 17.0. The molecule has 0 aromatic carbocycles. The molecule has 1 rings (SSSR count). The number of carboxylic acid groups (broad SMARTS) is 1. The van der Waals surface area contributed by atoms with E-state index >= 15 is 0 Å². The van der Waals surface area contributed by atoms with Gasteiger partial charge in [-0.15, -0.1) is 0 Å². The normalized spacial score (nSPS) is 11.9. The number of aromatic amines is 1. The molecule has 1 amide bonds. The number of amides is 1. The Labute approximate surface area is 180 Å². The van der Waals surface area contributed by atoms with E-state index in [1.807, 2.05) is 0 Å². The molecule has 1 unspecified atom stereocenters. The molecule has 0 fully saturated rings. The predicted octanol–water partition coefficient (Wildman–Crippen LogP) is 4.43. The Hall–Kier alpha value is -2.18. The molecule has 0 aliphatic carbocycles. The maximum absolute atomic E-state index is 12.0. The molecule has 0 spiro atoms. The lowest BCUT2D eigenvalue weighted by Crippen LogP contribution is -2.31. The predicted molar refractivity (Wildman–Crippen MR) is 117 cm³/mol. The van der Waals surface area contributed by atoms with Gasteiger partial charge in [0, 0.05) is 31.2 Å². The first-order valence-electron chi connectivity index (χ1n) is 11.5. The van der Waals surface area contributed by atoms with Crippen LogP contribution in [0.1, 0.15) is 96.1 Å². The maximum Gasteiger partial charge on any atom is 0.307 e. The van der Waals surface area contributed by atoms with Gasteiger partial charge in [0.25, 0.3) is 0 Å². The third-order valence-corrected chi connectivity index (χ3v) is 5.33. The van der Waals surface area contributed by atoms with Gasteiger partial charge in [0.2, 0.25) is 5.91 Å². The van der Waals surface area contributed by atoms with Crippen LogP contribution in [0.25, 0.3) is 0 Å². The van der Waals surface area contributed by atoms with E-state index in [0.29, 0.717) is 12.1 Å². The zero-order valence-corrected chi connectivity index (χ0v) is 18.5. The molecule has 170 valence electrons. The fourth-order valence-corrected chi connectivity index (χ4v) is 3.49. The molecule has 1 aromatic heterocycles. The Morgan fingerprint density at radius 2 is 1.60 bits per heavy atom. The highest BCUT2D eigenvalue weighted by molar-refractivity contribution is 5.88. The molecular formula is C23H39N3O4. The molecule has 30 heavy (non-hydrogen) atoms. The average Bonchev–Trinajstić information content (AvgIpc) is 3.23.